The quantitative estimate of drug-likeness (QED) is 0.609. The van der Waals surface area contributed by atoms with Gasteiger partial charge in [0.05, 0.1) is 6.10 Å². The summed E-state index contributed by atoms with van der Waals surface area (Å²) in [7, 11) is 0. The minimum absolute atomic E-state index is 0.0933. The Morgan fingerprint density at radius 2 is 1.62 bits per heavy atom. The van der Waals surface area contributed by atoms with Gasteiger partial charge < -0.3 is 5.11 Å². The Hall–Kier alpha value is -0.0400. The highest BCUT2D eigenvalue weighted by molar-refractivity contribution is 4.70. The first-order valence-corrected chi connectivity index (χ1v) is 7.19. The van der Waals surface area contributed by atoms with Crippen LogP contribution in [0.25, 0.3) is 0 Å². The van der Waals surface area contributed by atoms with Crippen molar-refractivity contribution in [1.29, 1.82) is 0 Å². The predicted molar refractivity (Wildman–Crippen MR) is 72.5 cm³/mol. The zero-order chi connectivity index (χ0) is 12.6. The van der Waals surface area contributed by atoms with E-state index in [1.165, 1.54) is 25.7 Å². The fourth-order valence-corrected chi connectivity index (χ4v) is 2.46. The van der Waals surface area contributed by atoms with Crippen LogP contribution in [0.4, 0.5) is 0 Å². The molecule has 3 atom stereocenters. The SMILES string of the molecule is CCCCC(CC)CC(O)C(C)CC(C)C. The van der Waals surface area contributed by atoms with E-state index in [2.05, 4.69) is 34.6 Å². The Morgan fingerprint density at radius 1 is 1.00 bits per heavy atom. The van der Waals surface area contributed by atoms with Crippen LogP contribution in [0, 0.1) is 17.8 Å². The first-order valence-electron chi connectivity index (χ1n) is 7.19. The van der Waals surface area contributed by atoms with Gasteiger partial charge in [-0.25, -0.2) is 0 Å². The molecule has 1 heteroatoms. The Labute approximate surface area is 103 Å². The zero-order valence-corrected chi connectivity index (χ0v) is 12.0. The first kappa shape index (κ1) is 16.0. The first-order chi connectivity index (χ1) is 7.51. The molecule has 0 aliphatic rings. The third-order valence-electron chi connectivity index (χ3n) is 3.62. The van der Waals surface area contributed by atoms with E-state index in [0.717, 1.165) is 18.8 Å². The normalized spacial score (nSPS) is 17.4. The van der Waals surface area contributed by atoms with E-state index in [-0.39, 0.29) is 6.10 Å². The molecule has 98 valence electrons. The molecule has 0 rings (SSSR count). The van der Waals surface area contributed by atoms with Gasteiger partial charge in [-0.3, -0.25) is 0 Å². The molecule has 1 N–H and O–H groups in total. The summed E-state index contributed by atoms with van der Waals surface area (Å²) < 4.78 is 0. The van der Waals surface area contributed by atoms with Gasteiger partial charge in [-0.15, -0.1) is 0 Å². The molecule has 16 heavy (non-hydrogen) atoms. The summed E-state index contributed by atoms with van der Waals surface area (Å²) in [6.07, 6.45) is 7.14. The minimum Gasteiger partial charge on any atom is -0.393 e. The number of rotatable bonds is 9. The number of aliphatic hydroxyl groups is 1. The van der Waals surface area contributed by atoms with Crippen molar-refractivity contribution in [2.45, 2.75) is 79.2 Å². The van der Waals surface area contributed by atoms with Crippen LogP contribution >= 0.6 is 0 Å². The summed E-state index contributed by atoms with van der Waals surface area (Å²) >= 11 is 0. The van der Waals surface area contributed by atoms with Crippen molar-refractivity contribution in [3.63, 3.8) is 0 Å². The lowest BCUT2D eigenvalue weighted by atomic mass is 9.85. The second kappa shape index (κ2) is 9.04. The van der Waals surface area contributed by atoms with E-state index in [1.807, 2.05) is 0 Å². The van der Waals surface area contributed by atoms with Gasteiger partial charge in [-0.05, 0) is 30.6 Å². The van der Waals surface area contributed by atoms with Crippen LogP contribution in [0.2, 0.25) is 0 Å². The van der Waals surface area contributed by atoms with Crippen molar-refractivity contribution in [1.82, 2.24) is 0 Å². The van der Waals surface area contributed by atoms with Gasteiger partial charge in [-0.1, -0.05) is 60.3 Å². The molecule has 0 aliphatic heterocycles. The minimum atomic E-state index is -0.0933. The van der Waals surface area contributed by atoms with Gasteiger partial charge in [0.15, 0.2) is 0 Å². The molecule has 0 saturated heterocycles. The molecule has 0 aliphatic carbocycles. The average molecular weight is 228 g/mol. The van der Waals surface area contributed by atoms with Crippen LogP contribution in [0.3, 0.4) is 0 Å². The van der Waals surface area contributed by atoms with E-state index in [0.29, 0.717) is 11.8 Å². The van der Waals surface area contributed by atoms with Gasteiger partial charge in [0.1, 0.15) is 0 Å². The molecule has 0 aromatic rings. The Morgan fingerprint density at radius 3 is 2.06 bits per heavy atom. The largest absolute Gasteiger partial charge is 0.393 e. The van der Waals surface area contributed by atoms with Crippen LogP contribution in [0.15, 0.2) is 0 Å². The maximum atomic E-state index is 10.2. The molecule has 0 bridgehead atoms. The molecule has 0 spiro atoms. The molecule has 0 heterocycles. The van der Waals surface area contributed by atoms with Crippen molar-refractivity contribution in [3.05, 3.63) is 0 Å². The highest BCUT2D eigenvalue weighted by atomic mass is 16.3. The summed E-state index contributed by atoms with van der Waals surface area (Å²) in [5, 5.41) is 10.2. The summed E-state index contributed by atoms with van der Waals surface area (Å²) in [5.74, 6) is 1.88. The van der Waals surface area contributed by atoms with Crippen LogP contribution in [0.5, 0.6) is 0 Å². The number of aliphatic hydroxyl groups excluding tert-OH is 1. The highest BCUT2D eigenvalue weighted by Gasteiger charge is 2.19. The third kappa shape index (κ3) is 7.27. The monoisotopic (exact) mass is 228 g/mol. The van der Waals surface area contributed by atoms with Gasteiger partial charge in [0.2, 0.25) is 0 Å². The van der Waals surface area contributed by atoms with Crippen molar-refractivity contribution < 1.29 is 5.11 Å². The topological polar surface area (TPSA) is 20.2 Å². The van der Waals surface area contributed by atoms with Crippen LogP contribution < -0.4 is 0 Å². The van der Waals surface area contributed by atoms with E-state index >= 15 is 0 Å². The molecule has 0 saturated carbocycles. The van der Waals surface area contributed by atoms with Crippen LogP contribution in [-0.4, -0.2) is 11.2 Å². The standard InChI is InChI=1S/C15H32O/c1-6-8-9-14(7-2)11-15(16)13(5)10-12(3)4/h12-16H,6-11H2,1-5H3. The Kier molecular flexibility index (Phi) is 9.02. The van der Waals surface area contributed by atoms with Gasteiger partial charge in [0, 0.05) is 0 Å². The van der Waals surface area contributed by atoms with Crippen LogP contribution in [0.1, 0.15) is 73.1 Å². The fourth-order valence-electron chi connectivity index (χ4n) is 2.46. The molecular formula is C15H32O. The molecule has 3 unspecified atom stereocenters. The van der Waals surface area contributed by atoms with E-state index in [4.69, 9.17) is 0 Å². The van der Waals surface area contributed by atoms with Crippen molar-refractivity contribution in [2.24, 2.45) is 17.8 Å². The maximum Gasteiger partial charge on any atom is 0.0568 e. The molecule has 0 radical (unpaired) electrons. The molecule has 0 amide bonds. The molecule has 0 aromatic carbocycles. The fraction of sp³-hybridized carbons (Fsp3) is 1.00. The lowest BCUT2D eigenvalue weighted by Crippen LogP contribution is -2.22. The second-order valence-electron chi connectivity index (χ2n) is 5.83. The number of hydrogen-bond acceptors (Lipinski definition) is 1. The average Bonchev–Trinajstić information content (AvgIpc) is 2.22. The van der Waals surface area contributed by atoms with Gasteiger partial charge in [-0.2, -0.15) is 0 Å². The second-order valence-corrected chi connectivity index (χ2v) is 5.83. The zero-order valence-electron chi connectivity index (χ0n) is 12.0. The van der Waals surface area contributed by atoms with Crippen molar-refractivity contribution >= 4 is 0 Å². The highest BCUT2D eigenvalue weighted by Crippen LogP contribution is 2.24. The van der Waals surface area contributed by atoms with E-state index < -0.39 is 0 Å². The summed E-state index contributed by atoms with van der Waals surface area (Å²) in [6, 6.07) is 0. The summed E-state index contributed by atoms with van der Waals surface area (Å²) in [4.78, 5) is 0. The van der Waals surface area contributed by atoms with Crippen molar-refractivity contribution in [3.8, 4) is 0 Å². The molecule has 0 fully saturated rings. The Balaban J connectivity index is 3.92. The van der Waals surface area contributed by atoms with E-state index in [1.54, 1.807) is 0 Å². The van der Waals surface area contributed by atoms with Crippen LogP contribution in [-0.2, 0) is 0 Å². The summed E-state index contributed by atoms with van der Waals surface area (Å²) in [6.45, 7) is 11.1. The maximum absolute atomic E-state index is 10.2. The summed E-state index contributed by atoms with van der Waals surface area (Å²) in [5.41, 5.74) is 0. The molecule has 0 aromatic heterocycles. The smallest absolute Gasteiger partial charge is 0.0568 e. The van der Waals surface area contributed by atoms with Gasteiger partial charge >= 0.3 is 0 Å². The number of hydrogen-bond donors (Lipinski definition) is 1. The molecule has 1 nitrogen and oxygen atoms in total. The third-order valence-corrected chi connectivity index (χ3v) is 3.62. The van der Waals surface area contributed by atoms with Gasteiger partial charge in [0.25, 0.3) is 0 Å². The van der Waals surface area contributed by atoms with Crippen molar-refractivity contribution in [2.75, 3.05) is 0 Å². The predicted octanol–water partition coefficient (Wildman–Crippen LogP) is 4.64. The lowest BCUT2D eigenvalue weighted by Gasteiger charge is -2.24. The van der Waals surface area contributed by atoms with E-state index in [9.17, 15) is 5.11 Å². The lowest BCUT2D eigenvalue weighted by molar-refractivity contribution is 0.0765. The number of unbranched alkanes of at least 4 members (excludes halogenated alkanes) is 1. The molecular weight excluding hydrogens is 196 g/mol. The Bertz CT molecular complexity index is 154.